The predicted molar refractivity (Wildman–Crippen MR) is 95.5 cm³/mol. The number of aromatic nitrogens is 2. The van der Waals surface area contributed by atoms with Crippen molar-refractivity contribution in [1.29, 1.82) is 0 Å². The van der Waals surface area contributed by atoms with Crippen LogP contribution in [0.4, 0.5) is 0 Å². The third-order valence-corrected chi connectivity index (χ3v) is 5.47. The van der Waals surface area contributed by atoms with Crippen molar-refractivity contribution in [3.63, 3.8) is 0 Å². The Morgan fingerprint density at radius 3 is 2.96 bits per heavy atom. The van der Waals surface area contributed by atoms with Crippen LogP contribution in [-0.4, -0.2) is 16.1 Å². The Kier molecular flexibility index (Phi) is 4.26. The van der Waals surface area contributed by atoms with Gasteiger partial charge in [-0.05, 0) is 41.5 Å². The van der Waals surface area contributed by atoms with Crippen molar-refractivity contribution in [2.75, 3.05) is 6.54 Å². The SMILES string of the molecule is c1csc(-c2ccc(CNCC3CCc4nccn4C3)cc2)c1. The average Bonchev–Trinajstić information content (AvgIpc) is 3.27. The Hall–Kier alpha value is -1.91. The number of hydrogen-bond donors (Lipinski definition) is 1. The van der Waals surface area contributed by atoms with Gasteiger partial charge in [0.05, 0.1) is 0 Å². The van der Waals surface area contributed by atoms with Crippen LogP contribution in [0, 0.1) is 5.92 Å². The zero-order valence-corrected chi connectivity index (χ0v) is 13.9. The summed E-state index contributed by atoms with van der Waals surface area (Å²) in [6.45, 7) is 3.11. The molecule has 1 unspecified atom stereocenters. The fourth-order valence-corrected chi connectivity index (χ4v) is 3.99. The molecule has 3 aromatic rings. The molecule has 2 aromatic heterocycles. The highest BCUT2D eigenvalue weighted by Gasteiger charge is 2.18. The maximum absolute atomic E-state index is 4.39. The van der Waals surface area contributed by atoms with E-state index in [2.05, 4.69) is 62.8 Å². The molecule has 0 saturated carbocycles. The molecule has 1 aromatic carbocycles. The van der Waals surface area contributed by atoms with Gasteiger partial charge >= 0.3 is 0 Å². The second kappa shape index (κ2) is 6.69. The van der Waals surface area contributed by atoms with Gasteiger partial charge in [0.15, 0.2) is 0 Å². The highest BCUT2D eigenvalue weighted by Crippen LogP contribution is 2.24. The zero-order chi connectivity index (χ0) is 15.5. The van der Waals surface area contributed by atoms with Crippen LogP contribution in [0.5, 0.6) is 0 Å². The lowest BCUT2D eigenvalue weighted by molar-refractivity contribution is 0.347. The van der Waals surface area contributed by atoms with Crippen molar-refractivity contribution in [3.8, 4) is 10.4 Å². The van der Waals surface area contributed by atoms with Gasteiger partial charge in [-0.2, -0.15) is 0 Å². The van der Waals surface area contributed by atoms with E-state index < -0.39 is 0 Å². The van der Waals surface area contributed by atoms with E-state index in [1.807, 2.05) is 6.20 Å². The first kappa shape index (κ1) is 14.7. The quantitative estimate of drug-likeness (QED) is 0.770. The van der Waals surface area contributed by atoms with E-state index in [9.17, 15) is 0 Å². The number of hydrogen-bond acceptors (Lipinski definition) is 3. The summed E-state index contributed by atoms with van der Waals surface area (Å²) in [7, 11) is 0. The number of nitrogens with zero attached hydrogens (tertiary/aromatic N) is 2. The van der Waals surface area contributed by atoms with Gasteiger partial charge in [0.2, 0.25) is 0 Å². The van der Waals surface area contributed by atoms with E-state index in [1.165, 1.54) is 28.2 Å². The van der Waals surface area contributed by atoms with E-state index in [4.69, 9.17) is 0 Å². The van der Waals surface area contributed by atoms with Gasteiger partial charge in [-0.15, -0.1) is 11.3 Å². The van der Waals surface area contributed by atoms with Gasteiger partial charge in [0.25, 0.3) is 0 Å². The van der Waals surface area contributed by atoms with Crippen LogP contribution in [-0.2, 0) is 19.5 Å². The van der Waals surface area contributed by atoms with Crippen LogP contribution in [0.1, 0.15) is 17.8 Å². The van der Waals surface area contributed by atoms with E-state index in [0.29, 0.717) is 5.92 Å². The molecule has 1 atom stereocenters. The van der Waals surface area contributed by atoms with Crippen molar-refractivity contribution in [2.45, 2.75) is 25.9 Å². The van der Waals surface area contributed by atoms with E-state index >= 15 is 0 Å². The molecule has 0 amide bonds. The molecule has 3 heterocycles. The predicted octanol–water partition coefficient (Wildman–Crippen LogP) is 3.96. The topological polar surface area (TPSA) is 29.9 Å². The van der Waals surface area contributed by atoms with Crippen LogP contribution in [0.2, 0.25) is 0 Å². The molecule has 0 fully saturated rings. The standard InChI is InChI=1S/C19H21N3S/c1-2-18(23-11-1)17-6-3-15(4-7-17)12-20-13-16-5-8-19-21-9-10-22(19)14-16/h1-4,6-7,9-11,16,20H,5,8,12-14H2. The lowest BCUT2D eigenvalue weighted by atomic mass is 9.99. The number of rotatable bonds is 5. The molecule has 4 rings (SSSR count). The zero-order valence-electron chi connectivity index (χ0n) is 13.1. The van der Waals surface area contributed by atoms with Crippen molar-refractivity contribution < 1.29 is 0 Å². The van der Waals surface area contributed by atoms with Crippen molar-refractivity contribution in [3.05, 3.63) is 65.6 Å². The highest BCUT2D eigenvalue weighted by molar-refractivity contribution is 7.13. The Labute approximate surface area is 141 Å². The van der Waals surface area contributed by atoms with Gasteiger partial charge in [0.1, 0.15) is 5.82 Å². The summed E-state index contributed by atoms with van der Waals surface area (Å²) in [5.74, 6) is 1.95. The van der Waals surface area contributed by atoms with Gasteiger partial charge in [-0.25, -0.2) is 4.98 Å². The third kappa shape index (κ3) is 3.38. The summed E-state index contributed by atoms with van der Waals surface area (Å²) in [4.78, 5) is 5.73. The van der Waals surface area contributed by atoms with Crippen molar-refractivity contribution in [2.24, 2.45) is 5.92 Å². The molecule has 1 aliphatic heterocycles. The number of benzene rings is 1. The molecule has 1 N–H and O–H groups in total. The fraction of sp³-hybridized carbons (Fsp3) is 0.316. The van der Waals surface area contributed by atoms with Gasteiger partial charge in [-0.1, -0.05) is 30.3 Å². The molecular weight excluding hydrogens is 302 g/mol. The first-order chi connectivity index (χ1) is 11.4. The van der Waals surface area contributed by atoms with E-state index in [1.54, 1.807) is 11.3 Å². The molecule has 3 nitrogen and oxygen atoms in total. The van der Waals surface area contributed by atoms with Crippen molar-refractivity contribution >= 4 is 11.3 Å². The minimum atomic E-state index is 0.710. The van der Waals surface area contributed by atoms with Gasteiger partial charge < -0.3 is 9.88 Å². The van der Waals surface area contributed by atoms with Crippen LogP contribution in [0.3, 0.4) is 0 Å². The number of thiophene rings is 1. The second-order valence-electron chi connectivity index (χ2n) is 6.21. The Bertz CT molecular complexity index is 743. The van der Waals surface area contributed by atoms with E-state index in [0.717, 1.165) is 26.1 Å². The van der Waals surface area contributed by atoms with E-state index in [-0.39, 0.29) is 0 Å². The Morgan fingerprint density at radius 1 is 1.22 bits per heavy atom. The summed E-state index contributed by atoms with van der Waals surface area (Å²) in [5, 5.41) is 5.74. The summed E-state index contributed by atoms with van der Waals surface area (Å²) in [6.07, 6.45) is 6.36. The monoisotopic (exact) mass is 323 g/mol. The smallest absolute Gasteiger partial charge is 0.108 e. The summed E-state index contributed by atoms with van der Waals surface area (Å²) in [6, 6.07) is 13.2. The fourth-order valence-electron chi connectivity index (χ4n) is 3.25. The highest BCUT2D eigenvalue weighted by atomic mass is 32.1. The summed E-state index contributed by atoms with van der Waals surface area (Å²) in [5.41, 5.74) is 2.66. The maximum Gasteiger partial charge on any atom is 0.108 e. The number of nitrogens with one attached hydrogen (secondary N) is 1. The molecule has 1 aliphatic rings. The van der Waals surface area contributed by atoms with Crippen LogP contribution < -0.4 is 5.32 Å². The number of fused-ring (bicyclic) bond motifs is 1. The molecule has 0 radical (unpaired) electrons. The minimum Gasteiger partial charge on any atom is -0.335 e. The van der Waals surface area contributed by atoms with Crippen LogP contribution in [0.25, 0.3) is 10.4 Å². The molecule has 0 saturated heterocycles. The maximum atomic E-state index is 4.39. The molecule has 4 heteroatoms. The number of imidazole rings is 1. The number of aryl methyl sites for hydroxylation is 1. The average molecular weight is 323 g/mol. The largest absolute Gasteiger partial charge is 0.335 e. The molecular formula is C19H21N3S. The summed E-state index contributed by atoms with van der Waals surface area (Å²) >= 11 is 1.79. The van der Waals surface area contributed by atoms with Crippen molar-refractivity contribution in [1.82, 2.24) is 14.9 Å². The minimum absolute atomic E-state index is 0.710. The molecule has 23 heavy (non-hydrogen) atoms. The lowest BCUT2D eigenvalue weighted by Gasteiger charge is -2.24. The molecule has 0 bridgehead atoms. The van der Waals surface area contributed by atoms with Crippen LogP contribution in [0.15, 0.2) is 54.2 Å². The Balaban J connectivity index is 1.28. The third-order valence-electron chi connectivity index (χ3n) is 4.55. The molecule has 0 aliphatic carbocycles. The molecule has 0 spiro atoms. The van der Waals surface area contributed by atoms with Crippen LogP contribution >= 0.6 is 11.3 Å². The summed E-state index contributed by atoms with van der Waals surface area (Å²) < 4.78 is 2.30. The van der Waals surface area contributed by atoms with Gasteiger partial charge in [0, 0.05) is 36.8 Å². The van der Waals surface area contributed by atoms with Gasteiger partial charge in [-0.3, -0.25) is 0 Å². The molecule has 118 valence electrons. The second-order valence-corrected chi connectivity index (χ2v) is 7.15. The normalized spacial score (nSPS) is 17.1. The lowest BCUT2D eigenvalue weighted by Crippen LogP contribution is -2.29. The first-order valence-electron chi connectivity index (χ1n) is 8.22. The first-order valence-corrected chi connectivity index (χ1v) is 9.10. The Morgan fingerprint density at radius 2 is 2.13 bits per heavy atom.